The summed E-state index contributed by atoms with van der Waals surface area (Å²) in [5.74, 6) is 0.557. The lowest BCUT2D eigenvalue weighted by atomic mass is 9.95. The molecule has 2 saturated heterocycles. The molecule has 22 heavy (non-hydrogen) atoms. The van der Waals surface area contributed by atoms with Gasteiger partial charge in [-0.05, 0) is 38.4 Å². The molecule has 0 aromatic heterocycles. The first-order chi connectivity index (χ1) is 10.8. The molecular formula is C18H26N2O2. The molecule has 1 aromatic carbocycles. The zero-order chi connectivity index (χ0) is 15.4. The monoisotopic (exact) mass is 302 g/mol. The van der Waals surface area contributed by atoms with Gasteiger partial charge in [-0.2, -0.15) is 0 Å². The molecule has 2 fully saturated rings. The number of hydrogen-bond donors (Lipinski definition) is 1. The molecule has 0 radical (unpaired) electrons. The van der Waals surface area contributed by atoms with Crippen LogP contribution in [0.4, 0.5) is 0 Å². The third-order valence-corrected chi connectivity index (χ3v) is 4.95. The highest BCUT2D eigenvalue weighted by Gasteiger charge is 2.31. The lowest BCUT2D eigenvalue weighted by molar-refractivity contribution is -0.127. The molecule has 0 aliphatic carbocycles. The van der Waals surface area contributed by atoms with Gasteiger partial charge in [0.2, 0.25) is 5.91 Å². The van der Waals surface area contributed by atoms with Crippen LogP contribution in [0, 0.1) is 5.92 Å². The lowest BCUT2D eigenvalue weighted by Crippen LogP contribution is -2.48. The summed E-state index contributed by atoms with van der Waals surface area (Å²) in [5, 5.41) is 3.16. The number of carbonyl (C=O) groups is 1. The Kier molecular flexibility index (Phi) is 5.11. The molecule has 1 amide bonds. The van der Waals surface area contributed by atoms with Crippen molar-refractivity contribution in [1.82, 2.24) is 10.2 Å². The maximum Gasteiger partial charge on any atom is 0.237 e. The maximum atomic E-state index is 12.4. The molecule has 1 aromatic rings. The minimum absolute atomic E-state index is 0.0475. The maximum absolute atomic E-state index is 12.4. The molecule has 0 saturated carbocycles. The van der Waals surface area contributed by atoms with Gasteiger partial charge in [0.15, 0.2) is 0 Å². The first kappa shape index (κ1) is 15.5. The first-order valence-electron chi connectivity index (χ1n) is 8.40. The van der Waals surface area contributed by atoms with Gasteiger partial charge in [-0.15, -0.1) is 0 Å². The number of hydrogen-bond acceptors (Lipinski definition) is 3. The van der Waals surface area contributed by atoms with E-state index in [1.54, 1.807) is 0 Å². The van der Waals surface area contributed by atoms with Crippen molar-refractivity contribution in [1.29, 1.82) is 0 Å². The van der Waals surface area contributed by atoms with E-state index >= 15 is 0 Å². The molecule has 2 heterocycles. The third kappa shape index (κ3) is 3.50. The Hall–Kier alpha value is -1.39. The van der Waals surface area contributed by atoms with E-state index in [0.29, 0.717) is 12.5 Å². The molecule has 3 rings (SSSR count). The van der Waals surface area contributed by atoms with Crippen LogP contribution in [0.2, 0.25) is 0 Å². The number of likely N-dealkylation sites (tertiary alicyclic amines) is 1. The van der Waals surface area contributed by atoms with Gasteiger partial charge in [-0.1, -0.05) is 36.8 Å². The number of rotatable bonds is 4. The molecule has 0 bridgehead atoms. The summed E-state index contributed by atoms with van der Waals surface area (Å²) < 4.78 is 5.89. The third-order valence-electron chi connectivity index (χ3n) is 4.95. The van der Waals surface area contributed by atoms with E-state index in [4.69, 9.17) is 4.74 Å². The van der Waals surface area contributed by atoms with E-state index in [1.165, 1.54) is 12.0 Å². The fourth-order valence-corrected chi connectivity index (χ4v) is 3.61. The molecule has 4 nitrogen and oxygen atoms in total. The van der Waals surface area contributed by atoms with E-state index in [0.717, 1.165) is 32.4 Å². The van der Waals surface area contributed by atoms with Crippen molar-refractivity contribution in [3.63, 3.8) is 0 Å². The van der Waals surface area contributed by atoms with Crippen LogP contribution in [0.3, 0.4) is 0 Å². The van der Waals surface area contributed by atoms with E-state index in [9.17, 15) is 4.79 Å². The van der Waals surface area contributed by atoms with Crippen LogP contribution >= 0.6 is 0 Å². The summed E-state index contributed by atoms with van der Waals surface area (Å²) in [5.41, 5.74) is 1.22. The summed E-state index contributed by atoms with van der Waals surface area (Å²) in [6, 6.07) is 10.4. The molecular weight excluding hydrogens is 276 g/mol. The number of nitrogens with one attached hydrogen (secondary N) is 1. The van der Waals surface area contributed by atoms with Crippen LogP contribution < -0.4 is 5.32 Å². The van der Waals surface area contributed by atoms with Crippen molar-refractivity contribution in [3.8, 4) is 0 Å². The minimum atomic E-state index is 0.0475. The number of likely N-dealkylation sites (N-methyl/N-ethyl adjacent to an activating group) is 1. The second kappa shape index (κ2) is 7.25. The van der Waals surface area contributed by atoms with Crippen molar-refractivity contribution < 1.29 is 9.53 Å². The Morgan fingerprint density at radius 2 is 2.09 bits per heavy atom. The number of nitrogens with zero attached hydrogens (tertiary/aromatic N) is 1. The lowest BCUT2D eigenvalue weighted by Gasteiger charge is -2.31. The predicted octanol–water partition coefficient (Wildman–Crippen LogP) is 2.36. The fraction of sp³-hybridized carbons (Fsp3) is 0.611. The standard InChI is InChI=1S/C18H26N2O2/c1-20-11-6-5-9-16(20)18(21)19-13-15-10-12-22-17(15)14-7-3-2-4-8-14/h2-4,7-8,15-17H,5-6,9-13H2,1H3,(H,19,21)/t15-,16?,17-/m0/s1. The van der Waals surface area contributed by atoms with E-state index in [-0.39, 0.29) is 18.1 Å². The highest BCUT2D eigenvalue weighted by atomic mass is 16.5. The minimum Gasteiger partial charge on any atom is -0.373 e. The van der Waals surface area contributed by atoms with Gasteiger partial charge in [0.1, 0.15) is 0 Å². The number of benzene rings is 1. The van der Waals surface area contributed by atoms with Gasteiger partial charge >= 0.3 is 0 Å². The highest BCUT2D eigenvalue weighted by Crippen LogP contribution is 2.33. The molecule has 1 N–H and O–H groups in total. The summed E-state index contributed by atoms with van der Waals surface area (Å²) in [4.78, 5) is 14.6. The van der Waals surface area contributed by atoms with Crippen LogP contribution in [-0.4, -0.2) is 43.6 Å². The Morgan fingerprint density at radius 3 is 2.86 bits per heavy atom. The first-order valence-corrected chi connectivity index (χ1v) is 8.40. The van der Waals surface area contributed by atoms with Crippen molar-refractivity contribution >= 4 is 5.91 Å². The van der Waals surface area contributed by atoms with Crippen LogP contribution in [0.15, 0.2) is 30.3 Å². The predicted molar refractivity (Wildman–Crippen MR) is 86.5 cm³/mol. The average molecular weight is 302 g/mol. The summed E-state index contributed by atoms with van der Waals surface area (Å²) >= 11 is 0. The topological polar surface area (TPSA) is 41.6 Å². The smallest absolute Gasteiger partial charge is 0.237 e. The van der Waals surface area contributed by atoms with Crippen LogP contribution in [0.5, 0.6) is 0 Å². The fourth-order valence-electron chi connectivity index (χ4n) is 3.61. The van der Waals surface area contributed by atoms with Gasteiger partial charge in [0.25, 0.3) is 0 Å². The van der Waals surface area contributed by atoms with Gasteiger partial charge < -0.3 is 10.1 Å². The van der Waals surface area contributed by atoms with Crippen LogP contribution in [-0.2, 0) is 9.53 Å². The molecule has 1 unspecified atom stereocenters. The highest BCUT2D eigenvalue weighted by molar-refractivity contribution is 5.81. The zero-order valence-electron chi connectivity index (χ0n) is 13.3. The molecule has 2 aliphatic rings. The van der Waals surface area contributed by atoms with Crippen molar-refractivity contribution in [3.05, 3.63) is 35.9 Å². The number of carbonyl (C=O) groups excluding carboxylic acids is 1. The quantitative estimate of drug-likeness (QED) is 0.928. The summed E-state index contributed by atoms with van der Waals surface area (Å²) in [7, 11) is 2.05. The second-order valence-corrected chi connectivity index (χ2v) is 6.49. The van der Waals surface area contributed by atoms with Crippen molar-refractivity contribution in [2.45, 2.75) is 37.8 Å². The van der Waals surface area contributed by atoms with Crippen LogP contribution in [0.1, 0.15) is 37.4 Å². The van der Waals surface area contributed by atoms with E-state index in [2.05, 4.69) is 29.4 Å². The second-order valence-electron chi connectivity index (χ2n) is 6.49. The van der Waals surface area contributed by atoms with Gasteiger partial charge in [0.05, 0.1) is 12.1 Å². The number of amides is 1. The SMILES string of the molecule is CN1CCCCC1C(=O)NC[C@@H]1CCO[C@H]1c1ccccc1. The van der Waals surface area contributed by atoms with E-state index in [1.807, 2.05) is 18.2 Å². The van der Waals surface area contributed by atoms with E-state index < -0.39 is 0 Å². The Bertz CT molecular complexity index is 491. The number of ether oxygens (including phenoxy) is 1. The van der Waals surface area contributed by atoms with Crippen molar-refractivity contribution in [2.75, 3.05) is 26.7 Å². The number of piperidine rings is 1. The molecule has 3 atom stereocenters. The normalized spacial score (nSPS) is 29.4. The Morgan fingerprint density at radius 1 is 1.27 bits per heavy atom. The average Bonchev–Trinajstić information content (AvgIpc) is 3.02. The molecule has 120 valence electrons. The molecule has 2 aliphatic heterocycles. The molecule has 0 spiro atoms. The summed E-state index contributed by atoms with van der Waals surface area (Å²) in [6.45, 7) is 2.52. The van der Waals surface area contributed by atoms with Crippen molar-refractivity contribution in [2.24, 2.45) is 5.92 Å². The Labute approximate surface area is 132 Å². The zero-order valence-corrected chi connectivity index (χ0v) is 13.3. The largest absolute Gasteiger partial charge is 0.373 e. The van der Waals surface area contributed by atoms with Gasteiger partial charge in [0, 0.05) is 19.1 Å². The molecule has 4 heteroatoms. The van der Waals surface area contributed by atoms with Crippen LogP contribution in [0.25, 0.3) is 0 Å². The van der Waals surface area contributed by atoms with Gasteiger partial charge in [-0.25, -0.2) is 0 Å². The van der Waals surface area contributed by atoms with Gasteiger partial charge in [-0.3, -0.25) is 9.69 Å². The summed E-state index contributed by atoms with van der Waals surface area (Å²) in [6.07, 6.45) is 4.46. The Balaban J connectivity index is 1.55.